The third kappa shape index (κ3) is 2.96. The van der Waals surface area contributed by atoms with E-state index >= 15 is 0 Å². The van der Waals surface area contributed by atoms with E-state index < -0.39 is 0 Å². The maximum atomic E-state index is 6.33. The first-order chi connectivity index (χ1) is 8.24. The van der Waals surface area contributed by atoms with E-state index in [0.29, 0.717) is 17.0 Å². The van der Waals surface area contributed by atoms with Crippen molar-refractivity contribution in [3.63, 3.8) is 0 Å². The maximum Gasteiger partial charge on any atom is 0.0627 e. The fourth-order valence-corrected chi connectivity index (χ4v) is 3.26. The van der Waals surface area contributed by atoms with Gasteiger partial charge in [-0.3, -0.25) is 0 Å². The number of nitrogens with one attached hydrogen (secondary N) is 1. The Labute approximate surface area is 114 Å². The molecule has 0 heterocycles. The van der Waals surface area contributed by atoms with Gasteiger partial charge in [-0.2, -0.15) is 0 Å². The minimum Gasteiger partial charge on any atom is -0.314 e. The summed E-state index contributed by atoms with van der Waals surface area (Å²) >= 11 is 12.4. The van der Waals surface area contributed by atoms with E-state index in [2.05, 4.69) is 18.3 Å². The van der Waals surface area contributed by atoms with Gasteiger partial charge in [-0.25, -0.2) is 0 Å². The first kappa shape index (κ1) is 13.2. The Bertz CT molecular complexity index is 376. The first-order valence-corrected chi connectivity index (χ1v) is 7.17. The Balaban J connectivity index is 2.26. The molecule has 2 atom stereocenters. The zero-order chi connectivity index (χ0) is 12.3. The van der Waals surface area contributed by atoms with E-state index in [1.807, 2.05) is 12.1 Å². The van der Waals surface area contributed by atoms with Crippen LogP contribution in [-0.2, 0) is 0 Å². The van der Waals surface area contributed by atoms with Crippen LogP contribution >= 0.6 is 23.2 Å². The molecule has 0 bridgehead atoms. The Morgan fingerprint density at radius 3 is 2.76 bits per heavy atom. The first-order valence-electron chi connectivity index (χ1n) is 6.41. The highest BCUT2D eigenvalue weighted by molar-refractivity contribution is 6.42. The third-order valence-corrected chi connectivity index (χ3v) is 4.45. The van der Waals surface area contributed by atoms with Crippen molar-refractivity contribution in [3.8, 4) is 0 Å². The van der Waals surface area contributed by atoms with Gasteiger partial charge in [-0.1, -0.05) is 55.1 Å². The van der Waals surface area contributed by atoms with E-state index in [9.17, 15) is 0 Å². The van der Waals surface area contributed by atoms with Crippen molar-refractivity contribution < 1.29 is 0 Å². The molecule has 2 rings (SSSR count). The molecule has 0 aromatic heterocycles. The lowest BCUT2D eigenvalue weighted by Gasteiger charge is -2.33. The molecule has 94 valence electrons. The highest BCUT2D eigenvalue weighted by atomic mass is 35.5. The van der Waals surface area contributed by atoms with Crippen LogP contribution in [0.15, 0.2) is 18.2 Å². The van der Waals surface area contributed by atoms with Crippen molar-refractivity contribution in [3.05, 3.63) is 33.8 Å². The van der Waals surface area contributed by atoms with E-state index in [4.69, 9.17) is 23.2 Å². The predicted molar refractivity (Wildman–Crippen MR) is 75.1 cm³/mol. The molecule has 0 saturated heterocycles. The van der Waals surface area contributed by atoms with E-state index in [1.165, 1.54) is 31.2 Å². The van der Waals surface area contributed by atoms with Gasteiger partial charge >= 0.3 is 0 Å². The Hall–Kier alpha value is -0.240. The molecule has 17 heavy (non-hydrogen) atoms. The van der Waals surface area contributed by atoms with Gasteiger partial charge in [0.15, 0.2) is 0 Å². The molecule has 0 amide bonds. The molecule has 1 saturated carbocycles. The number of benzene rings is 1. The molecule has 1 fully saturated rings. The van der Waals surface area contributed by atoms with Crippen LogP contribution in [0.1, 0.15) is 44.1 Å². The summed E-state index contributed by atoms with van der Waals surface area (Å²) in [7, 11) is 0. The predicted octanol–water partition coefficient (Wildman–Crippen LogP) is 4.63. The monoisotopic (exact) mass is 271 g/mol. The van der Waals surface area contributed by atoms with Gasteiger partial charge in [0.2, 0.25) is 0 Å². The van der Waals surface area contributed by atoms with Crippen molar-refractivity contribution in [1.29, 1.82) is 0 Å². The molecule has 1 N–H and O–H groups in total. The molecule has 1 nitrogen and oxygen atoms in total. The van der Waals surface area contributed by atoms with Crippen molar-refractivity contribution in [1.82, 2.24) is 5.32 Å². The van der Waals surface area contributed by atoms with E-state index in [0.717, 1.165) is 11.6 Å². The van der Waals surface area contributed by atoms with Crippen LogP contribution in [0.25, 0.3) is 0 Å². The van der Waals surface area contributed by atoms with Crippen LogP contribution < -0.4 is 5.32 Å². The molecule has 2 unspecified atom stereocenters. The van der Waals surface area contributed by atoms with Gasteiger partial charge in [0.1, 0.15) is 0 Å². The Morgan fingerprint density at radius 1 is 1.24 bits per heavy atom. The van der Waals surface area contributed by atoms with Gasteiger partial charge in [0.05, 0.1) is 10.0 Å². The third-order valence-electron chi connectivity index (χ3n) is 3.61. The van der Waals surface area contributed by atoms with Crippen LogP contribution in [0.2, 0.25) is 10.0 Å². The molecule has 1 aliphatic carbocycles. The lowest BCUT2D eigenvalue weighted by atomic mass is 9.80. The molecule has 0 spiro atoms. The second kappa shape index (κ2) is 6.08. The highest BCUT2D eigenvalue weighted by Gasteiger charge is 2.27. The minimum absolute atomic E-state index is 0.509. The van der Waals surface area contributed by atoms with Crippen molar-refractivity contribution in [2.45, 2.75) is 44.6 Å². The van der Waals surface area contributed by atoms with Crippen LogP contribution in [0, 0.1) is 0 Å². The summed E-state index contributed by atoms with van der Waals surface area (Å²) in [6.07, 6.45) is 5.04. The number of hydrogen-bond acceptors (Lipinski definition) is 1. The summed E-state index contributed by atoms with van der Waals surface area (Å²) in [6, 6.07) is 6.53. The number of rotatable bonds is 3. The van der Waals surface area contributed by atoms with Crippen LogP contribution in [0.5, 0.6) is 0 Å². The van der Waals surface area contributed by atoms with E-state index in [-0.39, 0.29) is 0 Å². The summed E-state index contributed by atoms with van der Waals surface area (Å²) in [5.74, 6) is 0.509. The van der Waals surface area contributed by atoms with Crippen LogP contribution in [0.4, 0.5) is 0 Å². The fraction of sp³-hybridized carbons (Fsp3) is 0.571. The van der Waals surface area contributed by atoms with Crippen molar-refractivity contribution in [2.24, 2.45) is 0 Å². The molecule has 1 aromatic carbocycles. The summed E-state index contributed by atoms with van der Waals surface area (Å²) in [6.45, 7) is 3.17. The molecule has 0 aliphatic heterocycles. The quantitative estimate of drug-likeness (QED) is 0.846. The van der Waals surface area contributed by atoms with Gasteiger partial charge < -0.3 is 5.32 Å². The Kier molecular flexibility index (Phi) is 4.72. The van der Waals surface area contributed by atoms with Crippen molar-refractivity contribution in [2.75, 3.05) is 6.54 Å². The molecular formula is C14H19Cl2N. The molecule has 1 aliphatic rings. The normalized spacial score (nSPS) is 24.9. The molecule has 3 heteroatoms. The smallest absolute Gasteiger partial charge is 0.0627 e. The van der Waals surface area contributed by atoms with Crippen LogP contribution in [0.3, 0.4) is 0 Å². The topological polar surface area (TPSA) is 12.0 Å². The van der Waals surface area contributed by atoms with Gasteiger partial charge in [-0.05, 0) is 31.0 Å². The second-order valence-corrected chi connectivity index (χ2v) is 5.48. The second-order valence-electron chi connectivity index (χ2n) is 4.70. The summed E-state index contributed by atoms with van der Waals surface area (Å²) in [5, 5.41) is 4.99. The summed E-state index contributed by atoms with van der Waals surface area (Å²) < 4.78 is 0. The number of hydrogen-bond donors (Lipinski definition) is 1. The fourth-order valence-electron chi connectivity index (χ4n) is 2.82. The lowest BCUT2D eigenvalue weighted by Crippen LogP contribution is -2.37. The van der Waals surface area contributed by atoms with Gasteiger partial charge in [-0.15, -0.1) is 0 Å². The zero-order valence-electron chi connectivity index (χ0n) is 10.2. The Morgan fingerprint density at radius 2 is 2.00 bits per heavy atom. The summed E-state index contributed by atoms with van der Waals surface area (Å²) in [4.78, 5) is 0. The average Bonchev–Trinajstić information content (AvgIpc) is 2.34. The van der Waals surface area contributed by atoms with Crippen LogP contribution in [-0.4, -0.2) is 12.6 Å². The summed E-state index contributed by atoms with van der Waals surface area (Å²) in [5.41, 5.74) is 1.21. The highest BCUT2D eigenvalue weighted by Crippen LogP contribution is 2.38. The van der Waals surface area contributed by atoms with Crippen molar-refractivity contribution >= 4 is 23.2 Å². The standard InChI is InChI=1S/C14H19Cl2N/c1-2-17-13-9-4-3-6-10(13)11-7-5-8-12(15)14(11)16/h5,7-8,10,13,17H,2-4,6,9H2,1H3. The average molecular weight is 272 g/mol. The SMILES string of the molecule is CCNC1CCCCC1c1cccc(Cl)c1Cl. The number of halogens is 2. The lowest BCUT2D eigenvalue weighted by molar-refractivity contribution is 0.332. The largest absolute Gasteiger partial charge is 0.314 e. The number of likely N-dealkylation sites (N-methyl/N-ethyl adjacent to an activating group) is 1. The van der Waals surface area contributed by atoms with Gasteiger partial charge in [0.25, 0.3) is 0 Å². The molecule has 0 radical (unpaired) electrons. The zero-order valence-corrected chi connectivity index (χ0v) is 11.7. The van der Waals surface area contributed by atoms with Gasteiger partial charge in [0, 0.05) is 12.0 Å². The molecular weight excluding hydrogens is 253 g/mol. The molecule has 1 aromatic rings. The van der Waals surface area contributed by atoms with E-state index in [1.54, 1.807) is 0 Å². The minimum atomic E-state index is 0.509. The maximum absolute atomic E-state index is 6.33.